The first-order valence-corrected chi connectivity index (χ1v) is 5.54. The molecule has 0 heterocycles. The maximum absolute atomic E-state index is 11.3. The van der Waals surface area contributed by atoms with Gasteiger partial charge in [0.25, 0.3) is 0 Å². The summed E-state index contributed by atoms with van der Waals surface area (Å²) in [5.41, 5.74) is 0.328. The number of carbonyl (C=O) groups is 1. The van der Waals surface area contributed by atoms with Gasteiger partial charge in [-0.05, 0) is 24.7 Å². The van der Waals surface area contributed by atoms with E-state index >= 15 is 0 Å². The summed E-state index contributed by atoms with van der Waals surface area (Å²) in [6, 6.07) is 0. The van der Waals surface area contributed by atoms with Crippen molar-refractivity contribution in [2.75, 3.05) is 13.2 Å². The van der Waals surface area contributed by atoms with Crippen LogP contribution in [0.5, 0.6) is 0 Å². The van der Waals surface area contributed by atoms with Crippen LogP contribution in [0, 0.1) is 5.41 Å². The van der Waals surface area contributed by atoms with Gasteiger partial charge in [0.15, 0.2) is 0 Å². The molecule has 0 aromatic heterocycles. The van der Waals surface area contributed by atoms with E-state index in [1.54, 1.807) is 0 Å². The lowest BCUT2D eigenvalue weighted by atomic mass is 9.89. The summed E-state index contributed by atoms with van der Waals surface area (Å²) in [7, 11) is 0. The zero-order valence-electron chi connectivity index (χ0n) is 9.01. The van der Waals surface area contributed by atoms with E-state index in [2.05, 4.69) is 12.2 Å². The van der Waals surface area contributed by atoms with Gasteiger partial charge < -0.3 is 10.4 Å². The summed E-state index contributed by atoms with van der Waals surface area (Å²) in [4.78, 5) is 11.3. The van der Waals surface area contributed by atoms with Gasteiger partial charge in [-0.3, -0.25) is 4.79 Å². The molecule has 3 heteroatoms. The SMILES string of the molecule is CC1(CNC(=O)CCCO)CCCC1. The van der Waals surface area contributed by atoms with Crippen molar-refractivity contribution in [1.29, 1.82) is 0 Å². The van der Waals surface area contributed by atoms with Gasteiger partial charge in [0, 0.05) is 19.6 Å². The van der Waals surface area contributed by atoms with Gasteiger partial charge in [0.1, 0.15) is 0 Å². The topological polar surface area (TPSA) is 49.3 Å². The number of rotatable bonds is 5. The Bertz CT molecular complexity index is 186. The Kier molecular flexibility index (Phi) is 4.39. The van der Waals surface area contributed by atoms with Crippen molar-refractivity contribution < 1.29 is 9.90 Å². The van der Waals surface area contributed by atoms with E-state index in [0.717, 1.165) is 6.54 Å². The fraction of sp³-hybridized carbons (Fsp3) is 0.909. The minimum absolute atomic E-state index is 0.0761. The number of carbonyl (C=O) groups excluding carboxylic acids is 1. The van der Waals surface area contributed by atoms with Crippen molar-refractivity contribution in [3.8, 4) is 0 Å². The van der Waals surface area contributed by atoms with Crippen molar-refractivity contribution in [3.05, 3.63) is 0 Å². The van der Waals surface area contributed by atoms with Crippen LogP contribution < -0.4 is 5.32 Å². The third-order valence-electron chi connectivity index (χ3n) is 3.08. The second-order valence-electron chi connectivity index (χ2n) is 4.62. The van der Waals surface area contributed by atoms with Gasteiger partial charge in [-0.15, -0.1) is 0 Å². The molecule has 1 saturated carbocycles. The van der Waals surface area contributed by atoms with E-state index in [4.69, 9.17) is 5.11 Å². The molecule has 1 aliphatic carbocycles. The molecule has 0 aliphatic heterocycles. The predicted molar refractivity (Wildman–Crippen MR) is 55.9 cm³/mol. The first kappa shape index (κ1) is 11.5. The number of nitrogens with one attached hydrogen (secondary N) is 1. The lowest BCUT2D eigenvalue weighted by Gasteiger charge is -2.23. The molecule has 0 unspecified atom stereocenters. The van der Waals surface area contributed by atoms with Gasteiger partial charge in [-0.1, -0.05) is 19.8 Å². The van der Waals surface area contributed by atoms with E-state index < -0.39 is 0 Å². The van der Waals surface area contributed by atoms with Gasteiger partial charge in [-0.25, -0.2) is 0 Å². The molecule has 3 nitrogen and oxygen atoms in total. The van der Waals surface area contributed by atoms with Crippen LogP contribution in [0.15, 0.2) is 0 Å². The highest BCUT2D eigenvalue weighted by molar-refractivity contribution is 5.75. The molecule has 1 aliphatic rings. The molecule has 82 valence electrons. The minimum atomic E-state index is 0.0761. The molecule has 0 aromatic rings. The summed E-state index contributed by atoms with van der Waals surface area (Å²) >= 11 is 0. The van der Waals surface area contributed by atoms with Crippen molar-refractivity contribution >= 4 is 5.91 Å². The first-order chi connectivity index (χ1) is 6.66. The molecule has 1 fully saturated rings. The van der Waals surface area contributed by atoms with Gasteiger partial charge in [0.05, 0.1) is 0 Å². The van der Waals surface area contributed by atoms with Gasteiger partial charge >= 0.3 is 0 Å². The molecule has 14 heavy (non-hydrogen) atoms. The summed E-state index contributed by atoms with van der Waals surface area (Å²) in [5.74, 6) is 0.0761. The van der Waals surface area contributed by atoms with Crippen LogP contribution in [-0.4, -0.2) is 24.2 Å². The highest BCUT2D eigenvalue weighted by Gasteiger charge is 2.28. The van der Waals surface area contributed by atoms with Gasteiger partial charge in [-0.2, -0.15) is 0 Å². The molecule has 0 saturated heterocycles. The standard InChI is InChI=1S/C11H21NO2/c1-11(6-2-3-7-11)9-12-10(14)5-4-8-13/h13H,2-9H2,1H3,(H,12,14). The van der Waals surface area contributed by atoms with Crippen LogP contribution in [0.3, 0.4) is 0 Å². The fourth-order valence-corrected chi connectivity index (χ4v) is 2.05. The summed E-state index contributed by atoms with van der Waals surface area (Å²) < 4.78 is 0. The minimum Gasteiger partial charge on any atom is -0.396 e. The maximum Gasteiger partial charge on any atom is 0.220 e. The van der Waals surface area contributed by atoms with E-state index in [0.29, 0.717) is 18.3 Å². The Balaban J connectivity index is 2.15. The highest BCUT2D eigenvalue weighted by atomic mass is 16.3. The summed E-state index contributed by atoms with van der Waals surface area (Å²) in [5, 5.41) is 11.5. The molecule has 2 N–H and O–H groups in total. The Morgan fingerprint density at radius 3 is 2.64 bits per heavy atom. The lowest BCUT2D eigenvalue weighted by Crippen LogP contribution is -2.34. The smallest absolute Gasteiger partial charge is 0.220 e. The number of hydrogen-bond acceptors (Lipinski definition) is 2. The van der Waals surface area contributed by atoms with Crippen LogP contribution in [0.4, 0.5) is 0 Å². The van der Waals surface area contributed by atoms with E-state index in [-0.39, 0.29) is 12.5 Å². The number of hydrogen-bond donors (Lipinski definition) is 2. The molecule has 0 atom stereocenters. The Morgan fingerprint density at radius 1 is 1.43 bits per heavy atom. The van der Waals surface area contributed by atoms with E-state index in [1.165, 1.54) is 25.7 Å². The number of amides is 1. The molecule has 0 bridgehead atoms. The van der Waals surface area contributed by atoms with Gasteiger partial charge in [0.2, 0.25) is 5.91 Å². The average Bonchev–Trinajstić information content (AvgIpc) is 2.60. The lowest BCUT2D eigenvalue weighted by molar-refractivity contribution is -0.121. The largest absolute Gasteiger partial charge is 0.396 e. The zero-order valence-corrected chi connectivity index (χ0v) is 9.01. The fourth-order valence-electron chi connectivity index (χ4n) is 2.05. The maximum atomic E-state index is 11.3. The monoisotopic (exact) mass is 199 g/mol. The van der Waals surface area contributed by atoms with E-state index in [9.17, 15) is 4.79 Å². The zero-order chi connectivity index (χ0) is 10.4. The van der Waals surface area contributed by atoms with Crippen molar-refractivity contribution in [2.24, 2.45) is 5.41 Å². The second kappa shape index (κ2) is 5.35. The third kappa shape index (κ3) is 3.66. The summed E-state index contributed by atoms with van der Waals surface area (Å²) in [6.45, 7) is 3.15. The quantitative estimate of drug-likeness (QED) is 0.704. The van der Waals surface area contributed by atoms with Crippen molar-refractivity contribution in [2.45, 2.75) is 45.4 Å². The second-order valence-corrected chi connectivity index (χ2v) is 4.62. The van der Waals surface area contributed by atoms with Crippen molar-refractivity contribution in [1.82, 2.24) is 5.32 Å². The Morgan fingerprint density at radius 2 is 2.07 bits per heavy atom. The summed E-state index contributed by atoms with van der Waals surface area (Å²) in [6.07, 6.45) is 6.07. The van der Waals surface area contributed by atoms with Crippen LogP contribution in [-0.2, 0) is 4.79 Å². The molecule has 0 spiro atoms. The predicted octanol–water partition coefficient (Wildman–Crippen LogP) is 1.46. The number of aliphatic hydroxyl groups excluding tert-OH is 1. The van der Waals surface area contributed by atoms with Crippen LogP contribution in [0.25, 0.3) is 0 Å². The van der Waals surface area contributed by atoms with E-state index in [1.807, 2.05) is 0 Å². The van der Waals surface area contributed by atoms with Crippen LogP contribution >= 0.6 is 0 Å². The molecule has 0 aromatic carbocycles. The third-order valence-corrected chi connectivity index (χ3v) is 3.08. The Hall–Kier alpha value is -0.570. The molecule has 0 radical (unpaired) electrons. The molecule has 1 amide bonds. The Labute approximate surface area is 85.9 Å². The number of aliphatic hydroxyl groups is 1. The normalized spacial score (nSPS) is 19.6. The van der Waals surface area contributed by atoms with Crippen LogP contribution in [0.1, 0.15) is 45.4 Å². The average molecular weight is 199 g/mol. The molecule has 1 rings (SSSR count). The highest BCUT2D eigenvalue weighted by Crippen LogP contribution is 2.36. The van der Waals surface area contributed by atoms with Crippen LogP contribution in [0.2, 0.25) is 0 Å². The molecular formula is C11H21NO2. The first-order valence-electron chi connectivity index (χ1n) is 5.54. The van der Waals surface area contributed by atoms with Crippen molar-refractivity contribution in [3.63, 3.8) is 0 Å². The molecular weight excluding hydrogens is 178 g/mol.